The second-order valence-corrected chi connectivity index (χ2v) is 13.6. The molecular formula is C43H50F2O6. The minimum atomic E-state index is -1.32. The predicted octanol–water partition coefficient (Wildman–Crippen LogP) is 10.6. The third-order valence-electron chi connectivity index (χ3n) is 9.60. The Labute approximate surface area is 301 Å². The summed E-state index contributed by atoms with van der Waals surface area (Å²) in [7, 11) is 0. The number of halogens is 2. The number of ether oxygens (including phenoxy) is 6. The Morgan fingerprint density at radius 2 is 0.745 bits per heavy atom. The normalized spacial score (nSPS) is 20.4. The Balaban J connectivity index is 0.743. The molecule has 272 valence electrons. The van der Waals surface area contributed by atoms with Gasteiger partial charge in [-0.2, -0.15) is 0 Å². The van der Waals surface area contributed by atoms with Gasteiger partial charge in [-0.15, -0.1) is 0 Å². The monoisotopic (exact) mass is 700 g/mol. The maximum absolute atomic E-state index is 13.2. The van der Waals surface area contributed by atoms with Gasteiger partial charge in [0.05, 0.1) is 39.6 Å². The van der Waals surface area contributed by atoms with E-state index in [-0.39, 0.29) is 11.6 Å². The molecule has 2 heterocycles. The molecule has 2 fully saturated rings. The lowest BCUT2D eigenvalue weighted by Gasteiger charge is -2.42. The Hall–Kier alpha value is -3.82. The van der Waals surface area contributed by atoms with E-state index in [0.29, 0.717) is 51.5 Å². The zero-order chi connectivity index (χ0) is 35.1. The minimum Gasteiger partial charge on any atom is -0.494 e. The van der Waals surface area contributed by atoms with E-state index in [9.17, 15) is 8.78 Å². The number of hydrogen-bond donors (Lipinski definition) is 0. The summed E-state index contributed by atoms with van der Waals surface area (Å²) in [5.74, 6) is 1.95. The van der Waals surface area contributed by atoms with Crippen molar-refractivity contribution in [1.82, 2.24) is 0 Å². The standard InChI is InChI=1S/C43H50F2O6/c44-39-19-11-35(12-20-39)37-15-23-41(24-16-37)46-27-7-3-1-5-9-33-29-48-43(49-30-33)50-31-34(32-51-43)10-6-2-4-8-28-47-42-25-17-38(18-26-42)36-13-21-40(45)22-14-36/h11-26,33-34H,1-10,27-32H2. The lowest BCUT2D eigenvalue weighted by molar-refractivity contribution is -0.535. The molecule has 0 aliphatic carbocycles. The summed E-state index contributed by atoms with van der Waals surface area (Å²) in [5, 5.41) is 0. The summed E-state index contributed by atoms with van der Waals surface area (Å²) in [4.78, 5) is 0. The van der Waals surface area contributed by atoms with Crippen molar-refractivity contribution in [3.8, 4) is 33.8 Å². The second kappa shape index (κ2) is 19.1. The summed E-state index contributed by atoms with van der Waals surface area (Å²) in [5.41, 5.74) is 4.06. The van der Waals surface area contributed by atoms with Gasteiger partial charge in [0.25, 0.3) is 0 Å². The molecule has 6 nitrogen and oxygen atoms in total. The third-order valence-corrected chi connectivity index (χ3v) is 9.60. The van der Waals surface area contributed by atoms with Gasteiger partial charge in [0, 0.05) is 11.8 Å². The molecule has 51 heavy (non-hydrogen) atoms. The third kappa shape index (κ3) is 11.6. The van der Waals surface area contributed by atoms with Crippen molar-refractivity contribution in [2.45, 2.75) is 70.4 Å². The van der Waals surface area contributed by atoms with Crippen LogP contribution in [0.15, 0.2) is 97.1 Å². The first kappa shape index (κ1) is 37.0. The lowest BCUT2D eigenvalue weighted by Crippen LogP contribution is -2.53. The topological polar surface area (TPSA) is 55.4 Å². The van der Waals surface area contributed by atoms with Crippen LogP contribution in [0.4, 0.5) is 8.78 Å². The van der Waals surface area contributed by atoms with Gasteiger partial charge in [0.1, 0.15) is 23.1 Å². The Morgan fingerprint density at radius 3 is 1.10 bits per heavy atom. The number of rotatable bonds is 18. The SMILES string of the molecule is Fc1ccc(-c2ccc(OCCCCCCC3COC4(OC3)OCC(CCCCCCOc3ccc(-c5ccc(F)cc5)cc3)CO4)cc2)cc1. The van der Waals surface area contributed by atoms with Crippen LogP contribution in [-0.4, -0.2) is 45.8 Å². The van der Waals surface area contributed by atoms with Crippen LogP contribution in [-0.2, 0) is 18.9 Å². The number of unbranched alkanes of at least 4 members (excludes halogenated alkanes) is 6. The molecule has 0 unspecified atom stereocenters. The van der Waals surface area contributed by atoms with E-state index in [0.717, 1.165) is 98.0 Å². The Morgan fingerprint density at radius 1 is 0.431 bits per heavy atom. The molecule has 0 N–H and O–H groups in total. The van der Waals surface area contributed by atoms with Crippen LogP contribution in [0.1, 0.15) is 64.2 Å². The van der Waals surface area contributed by atoms with Gasteiger partial charge in [-0.3, -0.25) is 0 Å². The second-order valence-electron chi connectivity index (χ2n) is 13.6. The lowest BCUT2D eigenvalue weighted by atomic mass is 10.0. The molecule has 8 heteroatoms. The average molecular weight is 701 g/mol. The van der Waals surface area contributed by atoms with Crippen molar-refractivity contribution in [2.75, 3.05) is 39.6 Å². The summed E-state index contributed by atoms with van der Waals surface area (Å²) < 4.78 is 62.0. The fraction of sp³-hybridized carbons (Fsp3) is 0.442. The Kier molecular flexibility index (Phi) is 13.9. The van der Waals surface area contributed by atoms with E-state index in [1.54, 1.807) is 24.3 Å². The summed E-state index contributed by atoms with van der Waals surface area (Å²) in [6.07, 6.45) is 9.56. The van der Waals surface area contributed by atoms with Gasteiger partial charge in [0.15, 0.2) is 0 Å². The largest absolute Gasteiger partial charge is 0.494 e. The number of hydrogen-bond acceptors (Lipinski definition) is 6. The van der Waals surface area contributed by atoms with Gasteiger partial charge >= 0.3 is 6.16 Å². The molecule has 4 aromatic carbocycles. The van der Waals surface area contributed by atoms with Crippen molar-refractivity contribution < 1.29 is 37.2 Å². The molecule has 1 spiro atoms. The van der Waals surface area contributed by atoms with E-state index in [4.69, 9.17) is 28.4 Å². The zero-order valence-corrected chi connectivity index (χ0v) is 29.4. The molecule has 0 aromatic heterocycles. The van der Waals surface area contributed by atoms with Crippen molar-refractivity contribution in [3.63, 3.8) is 0 Å². The zero-order valence-electron chi connectivity index (χ0n) is 29.4. The highest BCUT2D eigenvalue weighted by Crippen LogP contribution is 2.32. The van der Waals surface area contributed by atoms with Gasteiger partial charge in [-0.25, -0.2) is 8.78 Å². The predicted molar refractivity (Wildman–Crippen MR) is 194 cm³/mol. The van der Waals surface area contributed by atoms with Crippen LogP contribution in [0.2, 0.25) is 0 Å². The van der Waals surface area contributed by atoms with E-state index in [1.807, 2.05) is 48.5 Å². The molecule has 0 amide bonds. The highest BCUT2D eigenvalue weighted by molar-refractivity contribution is 5.64. The van der Waals surface area contributed by atoms with E-state index >= 15 is 0 Å². The van der Waals surface area contributed by atoms with Gasteiger partial charge in [-0.1, -0.05) is 87.1 Å². The molecule has 0 radical (unpaired) electrons. The first-order valence-corrected chi connectivity index (χ1v) is 18.6. The fourth-order valence-electron chi connectivity index (χ4n) is 6.49. The summed E-state index contributed by atoms with van der Waals surface area (Å²) >= 11 is 0. The highest BCUT2D eigenvalue weighted by Gasteiger charge is 2.44. The maximum Gasteiger partial charge on any atom is 0.412 e. The first-order chi connectivity index (χ1) is 25.0. The maximum atomic E-state index is 13.2. The van der Waals surface area contributed by atoms with Crippen molar-refractivity contribution in [1.29, 1.82) is 0 Å². The van der Waals surface area contributed by atoms with Crippen LogP contribution in [0, 0.1) is 23.5 Å². The smallest absolute Gasteiger partial charge is 0.412 e. The summed E-state index contributed by atoms with van der Waals surface area (Å²) in [6, 6.07) is 28.9. The molecule has 2 aliphatic heterocycles. The van der Waals surface area contributed by atoms with Gasteiger partial charge < -0.3 is 28.4 Å². The molecule has 2 saturated heterocycles. The summed E-state index contributed by atoms with van der Waals surface area (Å²) in [6.45, 7) is 3.72. The Bertz CT molecular complexity index is 1440. The molecular weight excluding hydrogens is 650 g/mol. The molecule has 0 bridgehead atoms. The van der Waals surface area contributed by atoms with Gasteiger partial charge in [0.2, 0.25) is 0 Å². The van der Waals surface area contributed by atoms with E-state index in [2.05, 4.69) is 0 Å². The van der Waals surface area contributed by atoms with Crippen molar-refractivity contribution in [2.24, 2.45) is 11.8 Å². The fourth-order valence-corrected chi connectivity index (χ4v) is 6.49. The van der Waals surface area contributed by atoms with Crippen molar-refractivity contribution in [3.05, 3.63) is 109 Å². The van der Waals surface area contributed by atoms with Crippen LogP contribution in [0.25, 0.3) is 22.3 Å². The van der Waals surface area contributed by atoms with Crippen LogP contribution >= 0.6 is 0 Å². The van der Waals surface area contributed by atoms with Crippen molar-refractivity contribution >= 4 is 0 Å². The highest BCUT2D eigenvalue weighted by atomic mass is 19.1. The molecule has 4 aromatic rings. The quantitative estimate of drug-likeness (QED) is 0.0964. The average Bonchev–Trinajstić information content (AvgIpc) is 3.17. The van der Waals surface area contributed by atoms with E-state index < -0.39 is 6.16 Å². The molecule has 2 aliphatic rings. The minimum absolute atomic E-state index is 0.228. The van der Waals surface area contributed by atoms with Gasteiger partial charge in [-0.05, 0) is 96.5 Å². The molecule has 0 atom stereocenters. The molecule has 6 rings (SSSR count). The van der Waals surface area contributed by atoms with Crippen LogP contribution in [0.3, 0.4) is 0 Å². The van der Waals surface area contributed by atoms with E-state index in [1.165, 1.54) is 24.3 Å². The van der Waals surface area contributed by atoms with Crippen LogP contribution in [0.5, 0.6) is 11.5 Å². The first-order valence-electron chi connectivity index (χ1n) is 18.6. The number of benzene rings is 4. The van der Waals surface area contributed by atoms with Crippen LogP contribution < -0.4 is 9.47 Å². The molecule has 0 saturated carbocycles.